The van der Waals surface area contributed by atoms with Crippen LogP contribution in [0.4, 0.5) is 15.9 Å². The first-order valence-corrected chi connectivity index (χ1v) is 11.1. The standard InChI is InChI=1S/C17H22FN3O2Si/c1-23-17(22)13-7-5-11(10-19)20-16(13)21-15-8-6-12(9-14(15)18)24(2,3)4/h5-9H,10,19H2,1-4H3,(H,20,21). The highest BCUT2D eigenvalue weighted by Gasteiger charge is 2.19. The minimum Gasteiger partial charge on any atom is -0.465 e. The average molecular weight is 347 g/mol. The van der Waals surface area contributed by atoms with Crippen molar-refractivity contribution in [3.63, 3.8) is 0 Å². The van der Waals surface area contributed by atoms with Crippen LogP contribution in [0.5, 0.6) is 0 Å². The van der Waals surface area contributed by atoms with Crippen molar-refractivity contribution >= 4 is 30.7 Å². The third-order valence-electron chi connectivity index (χ3n) is 3.66. The van der Waals surface area contributed by atoms with Crippen molar-refractivity contribution in [1.82, 2.24) is 4.98 Å². The van der Waals surface area contributed by atoms with Gasteiger partial charge in [0, 0.05) is 6.54 Å². The molecular weight excluding hydrogens is 325 g/mol. The van der Waals surface area contributed by atoms with Gasteiger partial charge in [-0.25, -0.2) is 14.2 Å². The number of anilines is 2. The summed E-state index contributed by atoms with van der Waals surface area (Å²) in [6.07, 6.45) is 0. The fourth-order valence-corrected chi connectivity index (χ4v) is 3.34. The minimum atomic E-state index is -1.60. The smallest absolute Gasteiger partial charge is 0.341 e. The van der Waals surface area contributed by atoms with Crippen molar-refractivity contribution in [3.05, 3.63) is 47.4 Å². The number of hydrogen-bond acceptors (Lipinski definition) is 5. The Bertz CT molecular complexity index is 760. The maximum atomic E-state index is 14.5. The molecule has 1 aromatic carbocycles. The van der Waals surface area contributed by atoms with E-state index >= 15 is 0 Å². The van der Waals surface area contributed by atoms with Gasteiger partial charge in [-0.05, 0) is 24.3 Å². The van der Waals surface area contributed by atoms with E-state index in [1.807, 2.05) is 6.07 Å². The Hall–Kier alpha value is -2.25. The number of nitrogens with one attached hydrogen (secondary N) is 1. The van der Waals surface area contributed by atoms with Gasteiger partial charge in [-0.1, -0.05) is 30.9 Å². The van der Waals surface area contributed by atoms with Crippen molar-refractivity contribution < 1.29 is 13.9 Å². The van der Waals surface area contributed by atoms with E-state index in [4.69, 9.17) is 10.5 Å². The molecule has 0 unspecified atom stereocenters. The van der Waals surface area contributed by atoms with Gasteiger partial charge in [-0.2, -0.15) is 0 Å². The van der Waals surface area contributed by atoms with Crippen LogP contribution in [-0.4, -0.2) is 26.1 Å². The summed E-state index contributed by atoms with van der Waals surface area (Å²) in [7, 11) is -0.319. The molecule has 0 fully saturated rings. The second kappa shape index (κ2) is 7.10. The van der Waals surface area contributed by atoms with E-state index in [1.165, 1.54) is 7.11 Å². The molecule has 0 aliphatic heterocycles. The molecule has 0 aliphatic carbocycles. The zero-order valence-electron chi connectivity index (χ0n) is 14.3. The monoisotopic (exact) mass is 347 g/mol. The lowest BCUT2D eigenvalue weighted by molar-refractivity contribution is 0.0601. The van der Waals surface area contributed by atoms with Gasteiger partial charge in [-0.15, -0.1) is 0 Å². The Morgan fingerprint density at radius 3 is 2.54 bits per heavy atom. The number of pyridine rings is 1. The van der Waals surface area contributed by atoms with Gasteiger partial charge >= 0.3 is 5.97 Å². The first-order valence-electron chi connectivity index (χ1n) is 7.61. The zero-order chi connectivity index (χ0) is 17.9. The topological polar surface area (TPSA) is 77.2 Å². The van der Waals surface area contributed by atoms with Crippen LogP contribution in [0.2, 0.25) is 19.6 Å². The molecule has 7 heteroatoms. The number of benzene rings is 1. The molecule has 0 saturated heterocycles. The largest absolute Gasteiger partial charge is 0.465 e. The van der Waals surface area contributed by atoms with Crippen molar-refractivity contribution in [3.8, 4) is 0 Å². The summed E-state index contributed by atoms with van der Waals surface area (Å²) in [5, 5.41) is 3.90. The molecule has 128 valence electrons. The van der Waals surface area contributed by atoms with Crippen LogP contribution in [0.1, 0.15) is 16.1 Å². The van der Waals surface area contributed by atoms with Crippen LogP contribution in [0.15, 0.2) is 30.3 Å². The number of carbonyl (C=O) groups is 1. The van der Waals surface area contributed by atoms with Gasteiger partial charge in [0.1, 0.15) is 17.2 Å². The third kappa shape index (κ3) is 3.98. The molecule has 2 aromatic rings. The normalized spacial score (nSPS) is 11.2. The number of ether oxygens (including phenoxy) is 1. The minimum absolute atomic E-state index is 0.215. The molecule has 1 aromatic heterocycles. The number of nitrogens with zero attached hydrogens (tertiary/aromatic N) is 1. The summed E-state index contributed by atoms with van der Waals surface area (Å²) >= 11 is 0. The van der Waals surface area contributed by atoms with Gasteiger partial charge in [0.05, 0.1) is 26.6 Å². The summed E-state index contributed by atoms with van der Waals surface area (Å²) in [6.45, 7) is 6.66. The summed E-state index contributed by atoms with van der Waals surface area (Å²) in [4.78, 5) is 16.1. The molecule has 0 aliphatic rings. The number of halogens is 1. The van der Waals surface area contributed by atoms with Crippen LogP contribution >= 0.6 is 0 Å². The number of nitrogens with two attached hydrogens (primary N) is 1. The summed E-state index contributed by atoms with van der Waals surface area (Å²) in [5.41, 5.74) is 6.66. The molecule has 24 heavy (non-hydrogen) atoms. The van der Waals surface area contributed by atoms with Crippen LogP contribution in [-0.2, 0) is 11.3 Å². The van der Waals surface area contributed by atoms with Gasteiger partial charge in [0.25, 0.3) is 0 Å². The molecular formula is C17H22FN3O2Si. The zero-order valence-corrected chi connectivity index (χ0v) is 15.3. The van der Waals surface area contributed by atoms with E-state index in [2.05, 4.69) is 29.9 Å². The molecule has 0 saturated carbocycles. The number of rotatable bonds is 5. The van der Waals surface area contributed by atoms with E-state index in [9.17, 15) is 9.18 Å². The van der Waals surface area contributed by atoms with E-state index in [0.717, 1.165) is 5.19 Å². The number of hydrogen-bond donors (Lipinski definition) is 2. The Morgan fingerprint density at radius 2 is 2.00 bits per heavy atom. The van der Waals surface area contributed by atoms with Crippen molar-refractivity contribution in [2.24, 2.45) is 5.73 Å². The second-order valence-electron chi connectivity index (χ2n) is 6.46. The Balaban J connectivity index is 2.42. The average Bonchev–Trinajstić information content (AvgIpc) is 2.54. The van der Waals surface area contributed by atoms with Crippen LogP contribution in [0, 0.1) is 5.82 Å². The number of aromatic nitrogens is 1. The molecule has 0 amide bonds. The van der Waals surface area contributed by atoms with Crippen LogP contribution in [0.3, 0.4) is 0 Å². The Morgan fingerprint density at radius 1 is 1.29 bits per heavy atom. The van der Waals surface area contributed by atoms with Crippen LogP contribution in [0.25, 0.3) is 0 Å². The highest BCUT2D eigenvalue weighted by Crippen LogP contribution is 2.22. The summed E-state index contributed by atoms with van der Waals surface area (Å²) in [6, 6.07) is 8.32. The lowest BCUT2D eigenvalue weighted by Gasteiger charge is -2.18. The van der Waals surface area contributed by atoms with E-state index in [1.54, 1.807) is 24.3 Å². The van der Waals surface area contributed by atoms with Crippen molar-refractivity contribution in [1.29, 1.82) is 0 Å². The second-order valence-corrected chi connectivity index (χ2v) is 11.5. The third-order valence-corrected chi connectivity index (χ3v) is 5.70. The molecule has 5 nitrogen and oxygen atoms in total. The Kier molecular flexibility index (Phi) is 5.35. The van der Waals surface area contributed by atoms with Crippen LogP contribution < -0.4 is 16.2 Å². The maximum absolute atomic E-state index is 14.5. The quantitative estimate of drug-likeness (QED) is 0.642. The van der Waals surface area contributed by atoms with E-state index in [0.29, 0.717) is 5.69 Å². The maximum Gasteiger partial charge on any atom is 0.341 e. The molecule has 3 N–H and O–H groups in total. The SMILES string of the molecule is COC(=O)c1ccc(CN)nc1Nc1ccc([Si](C)(C)C)cc1F. The highest BCUT2D eigenvalue weighted by atomic mass is 28.3. The molecule has 0 radical (unpaired) electrons. The predicted molar refractivity (Wildman–Crippen MR) is 96.1 cm³/mol. The highest BCUT2D eigenvalue weighted by molar-refractivity contribution is 6.88. The summed E-state index contributed by atoms with van der Waals surface area (Å²) < 4.78 is 19.2. The van der Waals surface area contributed by atoms with Gasteiger partial charge in [0.2, 0.25) is 0 Å². The molecule has 0 atom stereocenters. The van der Waals surface area contributed by atoms with Gasteiger partial charge < -0.3 is 15.8 Å². The lowest BCUT2D eigenvalue weighted by atomic mass is 10.2. The predicted octanol–water partition coefficient (Wildman–Crippen LogP) is 2.75. The number of carbonyl (C=O) groups excluding carboxylic acids is 1. The molecule has 0 bridgehead atoms. The van der Waals surface area contributed by atoms with E-state index in [-0.39, 0.29) is 29.4 Å². The fourth-order valence-electron chi connectivity index (χ4n) is 2.19. The first-order chi connectivity index (χ1) is 11.3. The lowest BCUT2D eigenvalue weighted by Crippen LogP contribution is -2.37. The summed E-state index contributed by atoms with van der Waals surface area (Å²) in [5.74, 6) is -0.706. The first kappa shape index (κ1) is 18.1. The van der Waals surface area contributed by atoms with Gasteiger partial charge in [-0.3, -0.25) is 0 Å². The molecule has 0 spiro atoms. The molecule has 1 heterocycles. The van der Waals surface area contributed by atoms with Gasteiger partial charge in [0.15, 0.2) is 0 Å². The van der Waals surface area contributed by atoms with E-state index < -0.39 is 14.0 Å². The number of esters is 1. The Labute approximate surface area is 142 Å². The fraction of sp³-hybridized carbons (Fsp3) is 0.294. The van der Waals surface area contributed by atoms with Crippen molar-refractivity contribution in [2.45, 2.75) is 26.2 Å². The van der Waals surface area contributed by atoms with Crippen molar-refractivity contribution in [2.75, 3.05) is 12.4 Å². The molecule has 2 rings (SSSR count). The number of methoxy groups -OCH3 is 1.